The normalized spacial score (nSPS) is 10.9. The Morgan fingerprint density at radius 1 is 1.25 bits per heavy atom. The predicted octanol–water partition coefficient (Wildman–Crippen LogP) is 1.30. The largest absolute Gasteiger partial charge is 0.469 e. The first kappa shape index (κ1) is 16.2. The fourth-order valence-corrected chi connectivity index (χ4v) is 1.08. The van der Waals surface area contributed by atoms with E-state index in [9.17, 15) is 4.57 Å². The Morgan fingerprint density at radius 2 is 1.83 bits per heavy atom. The molecule has 4 nitrogen and oxygen atoms in total. The van der Waals surface area contributed by atoms with Crippen molar-refractivity contribution < 1.29 is 18.9 Å². The van der Waals surface area contributed by atoms with Gasteiger partial charge in [-0.05, 0) is 6.42 Å². The van der Waals surface area contributed by atoms with Crippen LogP contribution in [0.2, 0.25) is 0 Å². The summed E-state index contributed by atoms with van der Waals surface area (Å²) in [4.78, 5) is 16.5. The van der Waals surface area contributed by atoms with Crippen molar-refractivity contribution in [1.82, 2.24) is 0 Å². The topological polar surface area (TPSA) is 66.8 Å². The van der Waals surface area contributed by atoms with Gasteiger partial charge >= 0.3 is 7.82 Å². The molecule has 69 valence electrons. The molecule has 0 aliphatic carbocycles. The van der Waals surface area contributed by atoms with E-state index >= 15 is 0 Å². The molecular formula is C6H15KO4P. The van der Waals surface area contributed by atoms with Gasteiger partial charge in [-0.3, -0.25) is 4.52 Å². The Hall–Kier alpha value is 1.75. The van der Waals surface area contributed by atoms with E-state index in [0.717, 1.165) is 25.7 Å². The molecule has 0 atom stereocenters. The number of unbranched alkanes of at least 4 members (excludes halogenated alkanes) is 3. The minimum atomic E-state index is -4.21. The first-order valence-electron chi connectivity index (χ1n) is 3.76. The van der Waals surface area contributed by atoms with Gasteiger partial charge in [0, 0.05) is 51.4 Å². The Balaban J connectivity index is 0. The van der Waals surface area contributed by atoms with Crippen LogP contribution in [0.3, 0.4) is 0 Å². The second-order valence-corrected chi connectivity index (χ2v) is 3.62. The zero-order valence-electron chi connectivity index (χ0n) is 7.69. The smallest absolute Gasteiger partial charge is 0.303 e. The van der Waals surface area contributed by atoms with Crippen LogP contribution in [0.1, 0.15) is 32.6 Å². The average Bonchev–Trinajstić information content (AvgIpc) is 1.85. The van der Waals surface area contributed by atoms with E-state index in [4.69, 9.17) is 9.79 Å². The number of rotatable bonds is 6. The summed E-state index contributed by atoms with van der Waals surface area (Å²) >= 11 is 0. The van der Waals surface area contributed by atoms with Gasteiger partial charge < -0.3 is 9.79 Å². The van der Waals surface area contributed by atoms with E-state index in [1.165, 1.54) is 0 Å². The Labute approximate surface area is 116 Å². The molecule has 6 heteroatoms. The molecule has 0 aromatic heterocycles. The van der Waals surface area contributed by atoms with Crippen molar-refractivity contribution in [2.45, 2.75) is 32.6 Å². The van der Waals surface area contributed by atoms with Gasteiger partial charge in [-0.25, -0.2) is 4.57 Å². The standard InChI is InChI=1S/C6H15O4P.K/c1-2-3-4-5-6-10-11(7,8)9;/h2-6H2,1H3,(H2,7,8,9);. The van der Waals surface area contributed by atoms with Crippen LogP contribution in [0.4, 0.5) is 0 Å². The zero-order chi connectivity index (χ0) is 8.74. The molecule has 0 aliphatic rings. The number of hydrogen-bond donors (Lipinski definition) is 2. The van der Waals surface area contributed by atoms with Crippen LogP contribution in [0.15, 0.2) is 0 Å². The van der Waals surface area contributed by atoms with Crippen LogP contribution >= 0.6 is 7.82 Å². The number of hydrogen-bond acceptors (Lipinski definition) is 2. The Bertz CT molecular complexity index is 136. The summed E-state index contributed by atoms with van der Waals surface area (Å²) in [6, 6.07) is 0. The molecule has 12 heavy (non-hydrogen) atoms. The summed E-state index contributed by atoms with van der Waals surface area (Å²) in [5.41, 5.74) is 0. The Kier molecular flexibility index (Phi) is 12.6. The minimum Gasteiger partial charge on any atom is -0.303 e. The molecule has 0 aromatic rings. The van der Waals surface area contributed by atoms with E-state index < -0.39 is 7.82 Å². The maximum Gasteiger partial charge on any atom is 0.469 e. The summed E-state index contributed by atoms with van der Waals surface area (Å²) in [6.45, 7) is 2.23. The average molecular weight is 221 g/mol. The number of phosphoric ester groups is 1. The second kappa shape index (κ2) is 9.31. The molecule has 0 aliphatic heterocycles. The molecule has 0 bridgehead atoms. The fraction of sp³-hybridized carbons (Fsp3) is 1.00. The van der Waals surface area contributed by atoms with Gasteiger partial charge in [0.2, 0.25) is 0 Å². The molecular weight excluding hydrogens is 206 g/mol. The fourth-order valence-electron chi connectivity index (χ4n) is 0.712. The zero-order valence-corrected chi connectivity index (χ0v) is 11.7. The molecule has 0 amide bonds. The van der Waals surface area contributed by atoms with Gasteiger partial charge in [0.25, 0.3) is 0 Å². The summed E-state index contributed by atoms with van der Waals surface area (Å²) in [5.74, 6) is 0. The molecule has 0 fully saturated rings. The van der Waals surface area contributed by atoms with Crippen molar-refractivity contribution in [2.75, 3.05) is 6.61 Å². The first-order valence-corrected chi connectivity index (χ1v) is 5.29. The monoisotopic (exact) mass is 221 g/mol. The van der Waals surface area contributed by atoms with Crippen LogP contribution in [0, 0.1) is 0 Å². The molecule has 0 rings (SSSR count). The number of phosphoric acid groups is 1. The van der Waals surface area contributed by atoms with Crippen LogP contribution < -0.4 is 0 Å². The van der Waals surface area contributed by atoms with Crippen molar-refractivity contribution >= 4 is 59.2 Å². The first-order chi connectivity index (χ1) is 5.06. The van der Waals surface area contributed by atoms with Crippen LogP contribution in [-0.4, -0.2) is 67.8 Å². The summed E-state index contributed by atoms with van der Waals surface area (Å²) in [7, 11) is -4.21. The van der Waals surface area contributed by atoms with Gasteiger partial charge in [0.05, 0.1) is 6.61 Å². The molecule has 0 unspecified atom stereocenters. The van der Waals surface area contributed by atoms with Crippen LogP contribution in [0.25, 0.3) is 0 Å². The van der Waals surface area contributed by atoms with Crippen molar-refractivity contribution in [2.24, 2.45) is 0 Å². The third-order valence-corrected chi connectivity index (χ3v) is 1.78. The summed E-state index contributed by atoms with van der Waals surface area (Å²) in [6.07, 6.45) is 3.88. The predicted molar refractivity (Wildman–Crippen MR) is 47.9 cm³/mol. The van der Waals surface area contributed by atoms with E-state index in [1.54, 1.807) is 0 Å². The van der Waals surface area contributed by atoms with Gasteiger partial charge in [0.1, 0.15) is 0 Å². The van der Waals surface area contributed by atoms with Crippen LogP contribution in [0.5, 0.6) is 0 Å². The molecule has 0 saturated carbocycles. The van der Waals surface area contributed by atoms with Crippen molar-refractivity contribution in [3.8, 4) is 0 Å². The molecule has 0 aromatic carbocycles. The van der Waals surface area contributed by atoms with E-state index in [1.807, 2.05) is 0 Å². The third-order valence-electron chi connectivity index (χ3n) is 1.26. The SMILES string of the molecule is CCCCCCOP(=O)(O)O.[K]. The minimum absolute atomic E-state index is 0. The molecule has 1 radical (unpaired) electrons. The third kappa shape index (κ3) is 14.3. The van der Waals surface area contributed by atoms with E-state index in [2.05, 4.69) is 11.4 Å². The molecule has 2 N–H and O–H groups in total. The van der Waals surface area contributed by atoms with Crippen molar-refractivity contribution in [3.05, 3.63) is 0 Å². The molecule has 0 heterocycles. The van der Waals surface area contributed by atoms with Crippen molar-refractivity contribution in [3.63, 3.8) is 0 Å². The van der Waals surface area contributed by atoms with Gasteiger partial charge in [-0.15, -0.1) is 0 Å². The molecule has 0 spiro atoms. The van der Waals surface area contributed by atoms with E-state index in [-0.39, 0.29) is 58.0 Å². The van der Waals surface area contributed by atoms with E-state index in [0.29, 0.717) is 0 Å². The quantitative estimate of drug-likeness (QED) is 0.403. The molecule has 0 saturated heterocycles. The van der Waals surface area contributed by atoms with Crippen molar-refractivity contribution in [1.29, 1.82) is 0 Å². The maximum atomic E-state index is 10.1. The maximum absolute atomic E-state index is 10.1. The van der Waals surface area contributed by atoms with Gasteiger partial charge in [-0.2, -0.15) is 0 Å². The van der Waals surface area contributed by atoms with Crippen LogP contribution in [-0.2, 0) is 9.09 Å². The summed E-state index contributed by atoms with van der Waals surface area (Å²) in [5, 5.41) is 0. The second-order valence-electron chi connectivity index (χ2n) is 2.38. The van der Waals surface area contributed by atoms with Gasteiger partial charge in [-0.1, -0.05) is 26.2 Å². The Morgan fingerprint density at radius 3 is 2.25 bits per heavy atom. The van der Waals surface area contributed by atoms with Gasteiger partial charge in [0.15, 0.2) is 0 Å². The summed E-state index contributed by atoms with van der Waals surface area (Å²) < 4.78 is 14.4.